The van der Waals surface area contributed by atoms with E-state index >= 15 is 0 Å². The second kappa shape index (κ2) is 8.42. The normalized spacial score (nSPS) is 11.2. The van der Waals surface area contributed by atoms with Crippen molar-refractivity contribution >= 4 is 5.82 Å². The highest BCUT2D eigenvalue weighted by Crippen LogP contribution is 2.30. The fourth-order valence-electron chi connectivity index (χ4n) is 3.07. The Morgan fingerprint density at radius 3 is 2.46 bits per heavy atom. The molecule has 0 aliphatic rings. The zero-order valence-corrected chi connectivity index (χ0v) is 17.2. The number of nitrogens with zero attached hydrogens (tertiary/aromatic N) is 3. The molecule has 0 amide bonds. The Morgan fingerprint density at radius 2 is 1.79 bits per heavy atom. The van der Waals surface area contributed by atoms with E-state index in [4.69, 9.17) is 4.52 Å². The summed E-state index contributed by atoms with van der Waals surface area (Å²) < 4.78 is 5.50. The molecule has 28 heavy (non-hydrogen) atoms. The third-order valence-corrected chi connectivity index (χ3v) is 4.72. The zero-order valence-electron chi connectivity index (χ0n) is 17.2. The molecule has 0 spiro atoms. The van der Waals surface area contributed by atoms with Crippen LogP contribution in [0.4, 0.5) is 5.82 Å². The van der Waals surface area contributed by atoms with Gasteiger partial charge in [0.05, 0.1) is 5.56 Å². The van der Waals surface area contributed by atoms with Crippen LogP contribution in [0.5, 0.6) is 5.75 Å². The molecule has 6 heteroatoms. The topological polar surface area (TPSA) is 84.1 Å². The number of anilines is 1. The highest BCUT2D eigenvalue weighted by molar-refractivity contribution is 5.64. The molecule has 148 valence electrons. The van der Waals surface area contributed by atoms with Gasteiger partial charge in [0.25, 0.3) is 5.89 Å². The van der Waals surface area contributed by atoms with Gasteiger partial charge in [-0.2, -0.15) is 4.98 Å². The molecule has 0 fully saturated rings. The molecule has 0 saturated carbocycles. The minimum atomic E-state index is 0.330. The Kier molecular flexibility index (Phi) is 5.97. The van der Waals surface area contributed by atoms with Gasteiger partial charge in [0, 0.05) is 18.3 Å². The first kappa shape index (κ1) is 19.9. The maximum atomic E-state index is 10.1. The maximum Gasteiger partial charge on any atom is 0.259 e. The second-order valence-electron chi connectivity index (χ2n) is 7.44. The summed E-state index contributed by atoms with van der Waals surface area (Å²) in [5.41, 5.74) is 4.43. The van der Waals surface area contributed by atoms with Gasteiger partial charge in [-0.1, -0.05) is 32.9 Å². The number of hydrogen-bond donors (Lipinski definition) is 2. The van der Waals surface area contributed by atoms with Gasteiger partial charge < -0.3 is 14.9 Å². The van der Waals surface area contributed by atoms with Crippen molar-refractivity contribution in [2.75, 3.05) is 11.9 Å². The highest BCUT2D eigenvalue weighted by atomic mass is 16.5. The van der Waals surface area contributed by atoms with E-state index in [-0.39, 0.29) is 0 Å². The van der Waals surface area contributed by atoms with Gasteiger partial charge >= 0.3 is 0 Å². The smallest absolute Gasteiger partial charge is 0.259 e. The first-order valence-electron chi connectivity index (χ1n) is 9.82. The number of aromatic nitrogens is 3. The maximum absolute atomic E-state index is 10.1. The van der Waals surface area contributed by atoms with Gasteiger partial charge in [0.15, 0.2) is 0 Å². The largest absolute Gasteiger partial charge is 0.507 e. The molecule has 0 aliphatic heterocycles. The lowest BCUT2D eigenvalue weighted by atomic mass is 10.0. The van der Waals surface area contributed by atoms with Crippen molar-refractivity contribution in [3.8, 4) is 28.6 Å². The average molecular weight is 380 g/mol. The van der Waals surface area contributed by atoms with E-state index in [2.05, 4.69) is 41.2 Å². The molecule has 0 unspecified atom stereocenters. The summed E-state index contributed by atoms with van der Waals surface area (Å²) in [7, 11) is 0. The van der Waals surface area contributed by atoms with Gasteiger partial charge in [-0.15, -0.1) is 0 Å². The Labute approximate surface area is 166 Å². The predicted molar refractivity (Wildman–Crippen MR) is 111 cm³/mol. The van der Waals surface area contributed by atoms with Crippen molar-refractivity contribution in [3.05, 3.63) is 41.1 Å². The van der Waals surface area contributed by atoms with E-state index in [0.29, 0.717) is 23.4 Å². The summed E-state index contributed by atoms with van der Waals surface area (Å²) in [6.07, 6.45) is 3.36. The van der Waals surface area contributed by atoms with Crippen molar-refractivity contribution in [2.45, 2.75) is 47.5 Å². The van der Waals surface area contributed by atoms with Crippen molar-refractivity contribution in [1.82, 2.24) is 15.1 Å². The SMILES string of the molecule is CCc1cc(-c2nc(-c3cc(C)c(O)c(CC)c3)no2)cnc1NCC(C)C. The molecule has 1 aromatic carbocycles. The van der Waals surface area contributed by atoms with Crippen LogP contribution in [0.3, 0.4) is 0 Å². The zero-order chi connectivity index (χ0) is 20.3. The summed E-state index contributed by atoms with van der Waals surface area (Å²) in [5.74, 6) is 2.73. The highest BCUT2D eigenvalue weighted by Gasteiger charge is 2.15. The number of benzene rings is 1. The minimum absolute atomic E-state index is 0.330. The van der Waals surface area contributed by atoms with E-state index in [1.54, 1.807) is 6.20 Å². The summed E-state index contributed by atoms with van der Waals surface area (Å²) in [4.78, 5) is 9.12. The number of aryl methyl sites for hydroxylation is 3. The summed E-state index contributed by atoms with van der Waals surface area (Å²) in [6, 6.07) is 5.83. The Balaban J connectivity index is 1.91. The van der Waals surface area contributed by atoms with Crippen molar-refractivity contribution < 1.29 is 9.63 Å². The van der Waals surface area contributed by atoms with Crippen molar-refractivity contribution in [1.29, 1.82) is 0 Å². The van der Waals surface area contributed by atoms with Crippen LogP contribution >= 0.6 is 0 Å². The molecule has 0 bridgehead atoms. The van der Waals surface area contributed by atoms with E-state index in [1.165, 1.54) is 0 Å². The lowest BCUT2D eigenvalue weighted by Gasteiger charge is -2.12. The van der Waals surface area contributed by atoms with Crippen molar-refractivity contribution in [2.24, 2.45) is 5.92 Å². The molecule has 2 heterocycles. The van der Waals surface area contributed by atoms with Crippen LogP contribution in [0.2, 0.25) is 0 Å². The lowest BCUT2D eigenvalue weighted by molar-refractivity contribution is 0.432. The van der Waals surface area contributed by atoms with Crippen LogP contribution in [0.1, 0.15) is 44.4 Å². The van der Waals surface area contributed by atoms with Crippen LogP contribution in [0.15, 0.2) is 28.9 Å². The van der Waals surface area contributed by atoms with Crippen LogP contribution in [-0.4, -0.2) is 26.8 Å². The minimum Gasteiger partial charge on any atom is -0.507 e. The predicted octanol–water partition coefficient (Wildman–Crippen LogP) is 5.01. The third-order valence-electron chi connectivity index (χ3n) is 4.72. The van der Waals surface area contributed by atoms with Crippen molar-refractivity contribution in [3.63, 3.8) is 0 Å². The summed E-state index contributed by atoms with van der Waals surface area (Å²) in [5, 5.41) is 17.7. The molecule has 2 N–H and O–H groups in total. The Morgan fingerprint density at radius 1 is 1.07 bits per heavy atom. The second-order valence-corrected chi connectivity index (χ2v) is 7.44. The molecule has 0 saturated heterocycles. The number of hydrogen-bond acceptors (Lipinski definition) is 6. The summed E-state index contributed by atoms with van der Waals surface area (Å²) >= 11 is 0. The van der Waals surface area contributed by atoms with Crippen LogP contribution in [0, 0.1) is 12.8 Å². The van der Waals surface area contributed by atoms with Gasteiger partial charge in [-0.05, 0) is 60.6 Å². The number of pyridine rings is 1. The van der Waals surface area contributed by atoms with E-state index in [0.717, 1.165) is 53.0 Å². The molecular formula is C22H28N4O2. The Hall–Kier alpha value is -2.89. The number of aromatic hydroxyl groups is 1. The number of phenols is 1. The molecule has 0 radical (unpaired) electrons. The number of rotatable bonds is 7. The molecule has 3 rings (SSSR count). The van der Waals surface area contributed by atoms with Gasteiger partial charge in [-0.25, -0.2) is 4.98 Å². The lowest BCUT2D eigenvalue weighted by Crippen LogP contribution is -2.11. The molecule has 0 aliphatic carbocycles. The number of phenolic OH excluding ortho intramolecular Hbond substituents is 1. The molecule has 6 nitrogen and oxygen atoms in total. The Bertz CT molecular complexity index is 963. The standard InChI is InChI=1S/C22H28N4O2/c1-6-15-9-17(8-14(5)19(15)27)21-25-22(28-26-21)18-10-16(7-2)20(24-12-18)23-11-13(3)4/h8-10,12-13,27H,6-7,11H2,1-5H3,(H,23,24). The van der Waals surface area contributed by atoms with Gasteiger partial charge in [0.2, 0.25) is 5.82 Å². The first-order chi connectivity index (χ1) is 13.4. The van der Waals surface area contributed by atoms with E-state index < -0.39 is 0 Å². The monoisotopic (exact) mass is 380 g/mol. The first-order valence-corrected chi connectivity index (χ1v) is 9.82. The third kappa shape index (κ3) is 4.16. The van der Waals surface area contributed by atoms with Crippen LogP contribution < -0.4 is 5.32 Å². The summed E-state index contributed by atoms with van der Waals surface area (Å²) in [6.45, 7) is 11.2. The average Bonchev–Trinajstić information content (AvgIpc) is 3.18. The molecule has 0 atom stereocenters. The fourth-order valence-corrected chi connectivity index (χ4v) is 3.07. The molecular weight excluding hydrogens is 352 g/mol. The number of nitrogens with one attached hydrogen (secondary N) is 1. The van der Waals surface area contributed by atoms with E-state index in [1.807, 2.05) is 32.0 Å². The molecule has 3 aromatic rings. The quantitative estimate of drug-likeness (QED) is 0.600. The van der Waals surface area contributed by atoms with Gasteiger partial charge in [0.1, 0.15) is 11.6 Å². The van der Waals surface area contributed by atoms with Crippen LogP contribution in [0.25, 0.3) is 22.8 Å². The molecule has 2 aromatic heterocycles. The van der Waals surface area contributed by atoms with Gasteiger partial charge in [-0.3, -0.25) is 0 Å². The van der Waals surface area contributed by atoms with E-state index in [9.17, 15) is 5.11 Å². The van der Waals surface area contributed by atoms with Crippen LogP contribution in [-0.2, 0) is 12.8 Å². The fraction of sp³-hybridized carbons (Fsp3) is 0.409.